The first-order chi connectivity index (χ1) is 9.04. The summed E-state index contributed by atoms with van der Waals surface area (Å²) < 4.78 is 26.2. The van der Waals surface area contributed by atoms with Gasteiger partial charge < -0.3 is 10.2 Å². The Morgan fingerprint density at radius 3 is 2.84 bits per heavy atom. The first-order valence-electron chi connectivity index (χ1n) is 6.14. The second-order valence-electron chi connectivity index (χ2n) is 4.60. The number of hydrogen-bond donors (Lipinski definition) is 1. The second kappa shape index (κ2) is 5.84. The number of benzene rings is 1. The van der Waals surface area contributed by atoms with Gasteiger partial charge in [0.2, 0.25) is 0 Å². The fourth-order valence-electron chi connectivity index (χ4n) is 2.39. The van der Waals surface area contributed by atoms with Gasteiger partial charge in [-0.1, -0.05) is 11.6 Å². The van der Waals surface area contributed by atoms with E-state index in [1.807, 2.05) is 7.05 Å². The van der Waals surface area contributed by atoms with Crippen LogP contribution in [0.5, 0.6) is 0 Å². The van der Waals surface area contributed by atoms with Gasteiger partial charge in [0, 0.05) is 19.1 Å². The summed E-state index contributed by atoms with van der Waals surface area (Å²) in [6.07, 6.45) is 1.80. The lowest BCUT2D eigenvalue weighted by atomic mass is 10.1. The molecule has 0 aliphatic carbocycles. The van der Waals surface area contributed by atoms with Crippen LogP contribution in [0.15, 0.2) is 12.1 Å². The third kappa shape index (κ3) is 2.87. The number of likely N-dealkylation sites (N-methyl/N-ethyl adjacent to an activating group) is 1. The normalized spacial score (nSPS) is 18.9. The van der Waals surface area contributed by atoms with Crippen LogP contribution < -0.4 is 5.32 Å². The van der Waals surface area contributed by atoms with Crippen molar-refractivity contribution in [3.8, 4) is 0 Å². The highest BCUT2D eigenvalue weighted by atomic mass is 35.5. The molecule has 1 unspecified atom stereocenters. The van der Waals surface area contributed by atoms with Crippen LogP contribution in [0.1, 0.15) is 23.2 Å². The zero-order valence-corrected chi connectivity index (χ0v) is 11.3. The Morgan fingerprint density at radius 2 is 2.16 bits per heavy atom. The lowest BCUT2D eigenvalue weighted by Crippen LogP contribution is -2.41. The minimum Gasteiger partial charge on any atom is -0.334 e. The summed E-state index contributed by atoms with van der Waals surface area (Å²) in [5, 5.41) is 2.96. The Bertz CT molecular complexity index is 496. The molecule has 1 aromatic rings. The number of hydrogen-bond acceptors (Lipinski definition) is 2. The number of amides is 1. The molecule has 1 aliphatic rings. The van der Waals surface area contributed by atoms with Gasteiger partial charge in [-0.3, -0.25) is 4.79 Å². The molecule has 1 amide bonds. The summed E-state index contributed by atoms with van der Waals surface area (Å²) in [5.74, 6) is -2.45. The highest BCUT2D eigenvalue weighted by Gasteiger charge is 2.30. The molecule has 0 aromatic heterocycles. The van der Waals surface area contributed by atoms with Crippen molar-refractivity contribution in [3.63, 3.8) is 0 Å². The Morgan fingerprint density at radius 1 is 1.47 bits per heavy atom. The van der Waals surface area contributed by atoms with E-state index < -0.39 is 11.6 Å². The van der Waals surface area contributed by atoms with Crippen molar-refractivity contribution in [2.45, 2.75) is 18.9 Å². The first-order valence-corrected chi connectivity index (χ1v) is 6.52. The standard InChI is InChI=1S/C13H15ClF2N2O/c1-17-7-8-3-2-4-18(8)13(19)9-5-11(15)12(16)6-10(9)14/h5-6,8,17H,2-4,7H2,1H3. The number of likely N-dealkylation sites (tertiary alicyclic amines) is 1. The SMILES string of the molecule is CNCC1CCCN1C(=O)c1cc(F)c(F)cc1Cl. The van der Waals surface area contributed by atoms with E-state index in [0.717, 1.165) is 25.0 Å². The summed E-state index contributed by atoms with van der Waals surface area (Å²) in [6, 6.07) is 1.78. The number of carbonyl (C=O) groups excluding carboxylic acids is 1. The van der Waals surface area contributed by atoms with Gasteiger partial charge in [-0.2, -0.15) is 0 Å². The van der Waals surface area contributed by atoms with Gasteiger partial charge in [-0.15, -0.1) is 0 Å². The Labute approximate surface area is 115 Å². The number of nitrogens with zero attached hydrogens (tertiary/aromatic N) is 1. The summed E-state index contributed by atoms with van der Waals surface area (Å²) in [5.41, 5.74) is 0.0172. The van der Waals surface area contributed by atoms with Crippen LogP contribution in [-0.4, -0.2) is 37.0 Å². The maximum absolute atomic E-state index is 13.2. The van der Waals surface area contributed by atoms with Crippen LogP contribution in [0.4, 0.5) is 8.78 Å². The molecule has 0 bridgehead atoms. The highest BCUT2D eigenvalue weighted by molar-refractivity contribution is 6.33. The fourth-order valence-corrected chi connectivity index (χ4v) is 2.62. The molecule has 0 spiro atoms. The van der Waals surface area contributed by atoms with Crippen LogP contribution in [-0.2, 0) is 0 Å². The highest BCUT2D eigenvalue weighted by Crippen LogP contribution is 2.25. The van der Waals surface area contributed by atoms with E-state index in [0.29, 0.717) is 13.1 Å². The average molecular weight is 289 g/mol. The van der Waals surface area contributed by atoms with E-state index in [9.17, 15) is 13.6 Å². The van der Waals surface area contributed by atoms with E-state index in [4.69, 9.17) is 11.6 Å². The van der Waals surface area contributed by atoms with Crippen molar-refractivity contribution < 1.29 is 13.6 Å². The zero-order chi connectivity index (χ0) is 14.0. The van der Waals surface area contributed by atoms with Crippen LogP contribution in [0.3, 0.4) is 0 Å². The largest absolute Gasteiger partial charge is 0.334 e. The molecular formula is C13H15ClF2N2O. The topological polar surface area (TPSA) is 32.3 Å². The molecule has 1 saturated heterocycles. The van der Waals surface area contributed by atoms with Crippen LogP contribution in [0.25, 0.3) is 0 Å². The molecule has 104 valence electrons. The van der Waals surface area contributed by atoms with E-state index in [1.54, 1.807) is 4.90 Å². The van der Waals surface area contributed by atoms with Gasteiger partial charge in [0.25, 0.3) is 5.91 Å². The van der Waals surface area contributed by atoms with Crippen molar-refractivity contribution in [1.82, 2.24) is 10.2 Å². The lowest BCUT2D eigenvalue weighted by molar-refractivity contribution is 0.0736. The van der Waals surface area contributed by atoms with Crippen LogP contribution in [0.2, 0.25) is 5.02 Å². The van der Waals surface area contributed by atoms with E-state index in [2.05, 4.69) is 5.32 Å². The third-order valence-electron chi connectivity index (χ3n) is 3.32. The summed E-state index contributed by atoms with van der Waals surface area (Å²) in [7, 11) is 1.81. The van der Waals surface area contributed by atoms with Gasteiger partial charge in [-0.05, 0) is 32.0 Å². The number of rotatable bonds is 3. The number of halogens is 3. The Hall–Kier alpha value is -1.20. The minimum absolute atomic E-state index is 0.0172. The molecule has 3 nitrogen and oxygen atoms in total. The Kier molecular flexibility index (Phi) is 4.37. The fraction of sp³-hybridized carbons (Fsp3) is 0.462. The van der Waals surface area contributed by atoms with E-state index in [-0.39, 0.29) is 22.5 Å². The lowest BCUT2D eigenvalue weighted by Gasteiger charge is -2.25. The van der Waals surface area contributed by atoms with Gasteiger partial charge in [0.1, 0.15) is 0 Å². The van der Waals surface area contributed by atoms with Crippen molar-refractivity contribution in [2.75, 3.05) is 20.1 Å². The van der Waals surface area contributed by atoms with Crippen molar-refractivity contribution in [1.29, 1.82) is 0 Å². The van der Waals surface area contributed by atoms with Gasteiger partial charge in [0.15, 0.2) is 11.6 Å². The summed E-state index contributed by atoms with van der Waals surface area (Å²) in [4.78, 5) is 14.0. The number of nitrogens with one attached hydrogen (secondary N) is 1. The monoisotopic (exact) mass is 288 g/mol. The molecule has 1 N–H and O–H groups in total. The molecular weight excluding hydrogens is 274 g/mol. The van der Waals surface area contributed by atoms with E-state index in [1.165, 1.54) is 0 Å². The third-order valence-corrected chi connectivity index (χ3v) is 3.63. The van der Waals surface area contributed by atoms with Gasteiger partial charge >= 0.3 is 0 Å². The molecule has 2 rings (SSSR count). The van der Waals surface area contributed by atoms with Gasteiger partial charge in [0.05, 0.1) is 10.6 Å². The van der Waals surface area contributed by atoms with Crippen LogP contribution in [0, 0.1) is 11.6 Å². The molecule has 1 atom stereocenters. The maximum Gasteiger partial charge on any atom is 0.255 e. The molecule has 19 heavy (non-hydrogen) atoms. The predicted octanol–water partition coefficient (Wildman–Crippen LogP) is 2.44. The molecule has 1 aromatic carbocycles. The van der Waals surface area contributed by atoms with E-state index >= 15 is 0 Å². The van der Waals surface area contributed by atoms with Crippen molar-refractivity contribution in [3.05, 3.63) is 34.4 Å². The van der Waals surface area contributed by atoms with Gasteiger partial charge in [-0.25, -0.2) is 8.78 Å². The smallest absolute Gasteiger partial charge is 0.255 e. The number of carbonyl (C=O) groups is 1. The average Bonchev–Trinajstić information content (AvgIpc) is 2.82. The maximum atomic E-state index is 13.2. The quantitative estimate of drug-likeness (QED) is 0.867. The molecule has 1 aliphatic heterocycles. The van der Waals surface area contributed by atoms with Crippen molar-refractivity contribution >= 4 is 17.5 Å². The summed E-state index contributed by atoms with van der Waals surface area (Å²) >= 11 is 5.83. The molecule has 0 radical (unpaired) electrons. The second-order valence-corrected chi connectivity index (χ2v) is 5.01. The zero-order valence-electron chi connectivity index (χ0n) is 10.5. The Balaban J connectivity index is 2.26. The minimum atomic E-state index is -1.06. The van der Waals surface area contributed by atoms with Crippen molar-refractivity contribution in [2.24, 2.45) is 0 Å². The summed E-state index contributed by atoms with van der Waals surface area (Å²) in [6.45, 7) is 1.29. The molecule has 1 fully saturated rings. The first kappa shape index (κ1) is 14.2. The molecule has 6 heteroatoms. The van der Waals surface area contributed by atoms with Crippen LogP contribution >= 0.6 is 11.6 Å². The molecule has 1 heterocycles. The molecule has 0 saturated carbocycles. The predicted molar refractivity (Wildman–Crippen MR) is 69.4 cm³/mol.